The van der Waals surface area contributed by atoms with Gasteiger partial charge in [-0.2, -0.15) is 0 Å². The van der Waals surface area contributed by atoms with Crippen LogP contribution < -0.4 is 10.5 Å². The Bertz CT molecular complexity index is 422. The highest BCUT2D eigenvalue weighted by Gasteiger charge is 2.35. The maximum absolute atomic E-state index is 12.6. The van der Waals surface area contributed by atoms with E-state index in [4.69, 9.17) is 10.8 Å². The Morgan fingerprint density at radius 2 is 2.00 bits per heavy atom. The fourth-order valence-corrected chi connectivity index (χ4v) is 1.32. The number of hydrogen-bond acceptors (Lipinski definition) is 4. The van der Waals surface area contributed by atoms with Crippen LogP contribution in [0.1, 0.15) is 23.2 Å². The normalized spacial score (nSPS) is 12.0. The SMILES string of the molecule is NCc1ncc(C(F)F)c(OC(F)(F)F)c1CO. The molecule has 0 saturated heterocycles. The molecule has 18 heavy (non-hydrogen) atoms. The number of aliphatic hydroxyl groups is 1. The monoisotopic (exact) mass is 272 g/mol. The second-order valence-corrected chi connectivity index (χ2v) is 3.18. The molecule has 0 bridgehead atoms. The molecule has 1 heterocycles. The van der Waals surface area contributed by atoms with Gasteiger partial charge >= 0.3 is 6.36 Å². The van der Waals surface area contributed by atoms with Crippen molar-refractivity contribution in [3.63, 3.8) is 0 Å². The molecule has 0 spiro atoms. The maximum Gasteiger partial charge on any atom is 0.573 e. The maximum atomic E-state index is 12.6. The minimum absolute atomic E-state index is 0.138. The number of aromatic nitrogens is 1. The molecule has 102 valence electrons. The lowest BCUT2D eigenvalue weighted by Crippen LogP contribution is -2.21. The molecular weight excluding hydrogens is 263 g/mol. The van der Waals surface area contributed by atoms with Gasteiger partial charge in [0.15, 0.2) is 0 Å². The quantitative estimate of drug-likeness (QED) is 0.821. The van der Waals surface area contributed by atoms with Gasteiger partial charge in [0.1, 0.15) is 5.75 Å². The minimum atomic E-state index is -5.15. The summed E-state index contributed by atoms with van der Waals surface area (Å²) < 4.78 is 65.0. The Hall–Kier alpha value is -1.48. The summed E-state index contributed by atoms with van der Waals surface area (Å²) in [4.78, 5) is 3.47. The first kappa shape index (κ1) is 14.6. The van der Waals surface area contributed by atoms with Crippen molar-refractivity contribution in [1.29, 1.82) is 0 Å². The molecule has 1 aromatic rings. The molecule has 0 unspecified atom stereocenters. The summed E-state index contributed by atoms with van der Waals surface area (Å²) >= 11 is 0. The standard InChI is InChI=1S/C9H9F5N2O2/c10-8(11)4-2-16-6(1-15)5(3-17)7(4)18-9(12,13)14/h2,8,17H,1,3,15H2. The molecule has 1 rings (SSSR count). The van der Waals surface area contributed by atoms with Gasteiger partial charge in [0.25, 0.3) is 6.43 Å². The summed E-state index contributed by atoms with van der Waals surface area (Å²) in [6, 6.07) is 0. The number of pyridine rings is 1. The Morgan fingerprint density at radius 3 is 2.39 bits per heavy atom. The van der Waals surface area contributed by atoms with Gasteiger partial charge in [-0.15, -0.1) is 13.2 Å². The lowest BCUT2D eigenvalue weighted by Gasteiger charge is -2.17. The molecule has 0 amide bonds. The van der Waals surface area contributed by atoms with Gasteiger partial charge in [0.05, 0.1) is 17.9 Å². The summed E-state index contributed by atoms with van der Waals surface area (Å²) in [7, 11) is 0. The second kappa shape index (κ2) is 5.44. The van der Waals surface area contributed by atoms with Crippen molar-refractivity contribution in [1.82, 2.24) is 4.98 Å². The first-order valence-electron chi connectivity index (χ1n) is 4.65. The molecule has 0 aromatic carbocycles. The summed E-state index contributed by atoms with van der Waals surface area (Å²) in [6.45, 7) is -1.25. The van der Waals surface area contributed by atoms with Gasteiger partial charge in [-0.25, -0.2) is 8.78 Å². The number of rotatable bonds is 4. The molecule has 0 radical (unpaired) electrons. The van der Waals surface area contributed by atoms with E-state index in [0.29, 0.717) is 6.20 Å². The number of alkyl halides is 5. The summed E-state index contributed by atoms with van der Waals surface area (Å²) in [6.07, 6.45) is -7.82. The Kier molecular flexibility index (Phi) is 4.41. The third kappa shape index (κ3) is 3.26. The molecule has 0 aliphatic rings. The minimum Gasteiger partial charge on any atom is -0.405 e. The van der Waals surface area contributed by atoms with Crippen molar-refractivity contribution in [3.05, 3.63) is 23.0 Å². The van der Waals surface area contributed by atoms with Gasteiger partial charge in [-0.3, -0.25) is 4.98 Å². The van der Waals surface area contributed by atoms with Gasteiger partial charge in [0, 0.05) is 18.3 Å². The number of hydrogen-bond donors (Lipinski definition) is 2. The van der Waals surface area contributed by atoms with Crippen LogP contribution in [0.3, 0.4) is 0 Å². The fraction of sp³-hybridized carbons (Fsp3) is 0.444. The Morgan fingerprint density at radius 1 is 1.39 bits per heavy atom. The Labute approximate surface area is 98.2 Å². The van der Waals surface area contributed by atoms with Gasteiger partial charge in [-0.05, 0) is 0 Å². The second-order valence-electron chi connectivity index (χ2n) is 3.18. The molecule has 0 fully saturated rings. The number of halogens is 5. The van der Waals surface area contributed by atoms with E-state index in [-0.39, 0.29) is 12.2 Å². The summed E-state index contributed by atoms with van der Waals surface area (Å²) in [5.74, 6) is -1.14. The first-order chi connectivity index (χ1) is 8.30. The highest BCUT2D eigenvalue weighted by atomic mass is 19.4. The van der Waals surface area contributed by atoms with E-state index in [1.807, 2.05) is 0 Å². The fourth-order valence-electron chi connectivity index (χ4n) is 1.32. The van der Waals surface area contributed by atoms with Crippen molar-refractivity contribution in [3.8, 4) is 5.75 Å². The molecule has 0 aliphatic heterocycles. The van der Waals surface area contributed by atoms with E-state index in [1.165, 1.54) is 0 Å². The van der Waals surface area contributed by atoms with E-state index < -0.39 is 36.3 Å². The van der Waals surface area contributed by atoms with Crippen LogP contribution in [-0.4, -0.2) is 16.5 Å². The van der Waals surface area contributed by atoms with Crippen LogP contribution in [0.25, 0.3) is 0 Å². The van der Waals surface area contributed by atoms with Crippen molar-refractivity contribution in [2.75, 3.05) is 0 Å². The molecule has 0 atom stereocenters. The van der Waals surface area contributed by atoms with Crippen molar-refractivity contribution >= 4 is 0 Å². The lowest BCUT2D eigenvalue weighted by atomic mass is 10.1. The molecular formula is C9H9F5N2O2. The zero-order valence-corrected chi connectivity index (χ0v) is 8.84. The number of nitrogens with zero attached hydrogens (tertiary/aromatic N) is 1. The van der Waals surface area contributed by atoms with Gasteiger partial charge in [-0.1, -0.05) is 0 Å². The van der Waals surface area contributed by atoms with E-state index >= 15 is 0 Å². The third-order valence-corrected chi connectivity index (χ3v) is 2.05. The average molecular weight is 272 g/mol. The molecule has 1 aromatic heterocycles. The van der Waals surface area contributed by atoms with E-state index in [2.05, 4.69) is 9.72 Å². The van der Waals surface area contributed by atoms with E-state index in [0.717, 1.165) is 0 Å². The van der Waals surface area contributed by atoms with Crippen LogP contribution in [0, 0.1) is 0 Å². The number of nitrogens with two attached hydrogens (primary N) is 1. The van der Waals surface area contributed by atoms with Gasteiger partial charge < -0.3 is 15.6 Å². The Balaban J connectivity index is 3.38. The first-order valence-corrected chi connectivity index (χ1v) is 4.65. The van der Waals surface area contributed by atoms with E-state index in [1.54, 1.807) is 0 Å². The predicted molar refractivity (Wildman–Crippen MR) is 49.7 cm³/mol. The van der Waals surface area contributed by atoms with Crippen molar-refractivity contribution in [2.45, 2.75) is 25.9 Å². The van der Waals surface area contributed by atoms with E-state index in [9.17, 15) is 22.0 Å². The number of aliphatic hydroxyl groups excluding tert-OH is 1. The third-order valence-electron chi connectivity index (χ3n) is 2.05. The predicted octanol–water partition coefficient (Wildman–Crippen LogP) is 1.87. The molecule has 0 saturated carbocycles. The van der Waals surface area contributed by atoms with Crippen LogP contribution in [0.15, 0.2) is 6.20 Å². The van der Waals surface area contributed by atoms with Crippen LogP contribution in [0.2, 0.25) is 0 Å². The summed E-state index contributed by atoms with van der Waals surface area (Å²) in [5, 5.41) is 8.95. The lowest BCUT2D eigenvalue weighted by molar-refractivity contribution is -0.275. The highest BCUT2D eigenvalue weighted by molar-refractivity contribution is 5.43. The van der Waals surface area contributed by atoms with Crippen LogP contribution in [-0.2, 0) is 13.2 Å². The zero-order valence-electron chi connectivity index (χ0n) is 8.84. The van der Waals surface area contributed by atoms with Crippen molar-refractivity contribution in [2.24, 2.45) is 5.73 Å². The number of ether oxygens (including phenoxy) is 1. The zero-order chi connectivity index (χ0) is 13.9. The molecule has 3 N–H and O–H groups in total. The average Bonchev–Trinajstić information content (AvgIpc) is 2.25. The van der Waals surface area contributed by atoms with Crippen LogP contribution >= 0.6 is 0 Å². The topological polar surface area (TPSA) is 68.4 Å². The van der Waals surface area contributed by atoms with Crippen LogP contribution in [0.4, 0.5) is 22.0 Å². The highest BCUT2D eigenvalue weighted by Crippen LogP contribution is 2.36. The largest absolute Gasteiger partial charge is 0.573 e. The molecule has 9 heteroatoms. The van der Waals surface area contributed by atoms with Gasteiger partial charge in [0.2, 0.25) is 0 Å². The summed E-state index contributed by atoms with van der Waals surface area (Å²) in [5.41, 5.74) is 3.51. The van der Waals surface area contributed by atoms with Crippen molar-refractivity contribution < 1.29 is 31.8 Å². The smallest absolute Gasteiger partial charge is 0.405 e. The molecule has 0 aliphatic carbocycles. The molecule has 4 nitrogen and oxygen atoms in total. The van der Waals surface area contributed by atoms with Crippen LogP contribution in [0.5, 0.6) is 5.75 Å².